The Bertz CT molecular complexity index is 714. The lowest BCUT2D eigenvalue weighted by molar-refractivity contribution is -0.155. The number of amides is 1. The number of aliphatic carboxylic acids is 2. The number of carbonyl (C=O) groups is 3. The second-order valence-electron chi connectivity index (χ2n) is 5.90. The molecule has 25 heavy (non-hydrogen) atoms. The molecule has 11 nitrogen and oxygen atoms in total. The summed E-state index contributed by atoms with van der Waals surface area (Å²) < 4.78 is 1.33. The largest absolute Gasteiger partial charge is 0.481 e. The number of aryl methyl sites for hydroxylation is 1. The summed E-state index contributed by atoms with van der Waals surface area (Å²) in [5.74, 6) is -1.72. The third-order valence-electron chi connectivity index (χ3n) is 4.15. The number of β-lactam (4-membered cyclic amide) rings is 1. The van der Waals surface area contributed by atoms with Crippen LogP contribution in [0.15, 0.2) is 5.16 Å². The van der Waals surface area contributed by atoms with Crippen LogP contribution in [0.3, 0.4) is 0 Å². The highest BCUT2D eigenvalue weighted by atomic mass is 32.2. The van der Waals surface area contributed by atoms with Gasteiger partial charge < -0.3 is 20.8 Å². The lowest BCUT2D eigenvalue weighted by Crippen LogP contribution is -2.72. The third kappa shape index (κ3) is 3.30. The van der Waals surface area contributed by atoms with Crippen LogP contribution >= 0.6 is 23.5 Å². The molecule has 3 rings (SSSR count). The molecule has 0 radical (unpaired) electrons. The Balaban J connectivity index is 1.68. The van der Waals surface area contributed by atoms with Gasteiger partial charge in [0, 0.05) is 18.1 Å². The molecule has 4 N–H and O–H groups in total. The van der Waals surface area contributed by atoms with Gasteiger partial charge >= 0.3 is 11.9 Å². The van der Waals surface area contributed by atoms with Crippen molar-refractivity contribution in [3.63, 3.8) is 0 Å². The van der Waals surface area contributed by atoms with E-state index in [9.17, 15) is 19.5 Å². The number of tetrazole rings is 1. The average Bonchev–Trinajstić information content (AvgIpc) is 3.04. The van der Waals surface area contributed by atoms with Gasteiger partial charge in [0.25, 0.3) is 0 Å². The van der Waals surface area contributed by atoms with E-state index >= 15 is 0 Å². The summed E-state index contributed by atoms with van der Waals surface area (Å²) in [4.78, 5) is 35.9. The number of aromatic nitrogens is 4. The Kier molecular flexibility index (Phi) is 4.88. The molecule has 0 aliphatic carbocycles. The zero-order valence-electron chi connectivity index (χ0n) is 12.9. The Hall–Kier alpha value is -1.86. The fourth-order valence-corrected chi connectivity index (χ4v) is 5.36. The summed E-state index contributed by atoms with van der Waals surface area (Å²) in [6.07, 6.45) is -0.139. The molecule has 3 atom stereocenters. The number of carbonyl (C=O) groups excluding carboxylic acids is 1. The van der Waals surface area contributed by atoms with Gasteiger partial charge in [-0.25, -0.2) is 4.68 Å². The smallest absolute Gasteiger partial charge is 0.313 e. The minimum absolute atomic E-state index is 0.0935. The van der Waals surface area contributed by atoms with E-state index in [1.807, 2.05) is 0 Å². The molecule has 0 bridgehead atoms. The first-order valence-electron chi connectivity index (χ1n) is 7.36. The summed E-state index contributed by atoms with van der Waals surface area (Å²) in [6.45, 7) is 0.192. The first-order chi connectivity index (χ1) is 11.8. The van der Waals surface area contributed by atoms with Gasteiger partial charge in [0.15, 0.2) is 0 Å². The van der Waals surface area contributed by atoms with Gasteiger partial charge in [0.2, 0.25) is 11.1 Å². The lowest BCUT2D eigenvalue weighted by atomic mass is 9.89. The van der Waals surface area contributed by atoms with E-state index in [0.717, 1.165) is 11.8 Å². The van der Waals surface area contributed by atoms with E-state index in [1.54, 1.807) is 0 Å². The summed E-state index contributed by atoms with van der Waals surface area (Å²) in [7, 11) is 0. The third-order valence-corrected chi connectivity index (χ3v) is 7.01. The van der Waals surface area contributed by atoms with Crippen LogP contribution in [0.2, 0.25) is 0 Å². The molecule has 2 saturated heterocycles. The van der Waals surface area contributed by atoms with Crippen LogP contribution in [0.4, 0.5) is 0 Å². The van der Waals surface area contributed by atoms with Crippen molar-refractivity contribution in [2.75, 3.05) is 18.1 Å². The van der Waals surface area contributed by atoms with Gasteiger partial charge in [-0.05, 0) is 10.4 Å². The van der Waals surface area contributed by atoms with E-state index in [4.69, 9.17) is 10.8 Å². The maximum absolute atomic E-state index is 11.9. The molecule has 3 heterocycles. The van der Waals surface area contributed by atoms with Crippen molar-refractivity contribution < 1.29 is 24.6 Å². The highest BCUT2D eigenvalue weighted by Gasteiger charge is 2.55. The molecule has 1 aromatic rings. The molecular weight excluding hydrogens is 372 g/mol. The van der Waals surface area contributed by atoms with Crippen LogP contribution in [0.25, 0.3) is 0 Å². The van der Waals surface area contributed by atoms with Crippen molar-refractivity contribution in [3.05, 3.63) is 0 Å². The van der Waals surface area contributed by atoms with Crippen molar-refractivity contribution in [2.45, 2.75) is 29.5 Å². The predicted octanol–water partition coefficient (Wildman–Crippen LogP) is -1.45. The van der Waals surface area contributed by atoms with Crippen LogP contribution < -0.4 is 5.73 Å². The number of fused-ring (bicyclic) bond motifs is 1. The molecule has 2 unspecified atom stereocenters. The Labute approximate surface area is 150 Å². The topological polar surface area (TPSA) is 165 Å². The second-order valence-corrected chi connectivity index (χ2v) is 7.94. The first kappa shape index (κ1) is 17.9. The van der Waals surface area contributed by atoms with Crippen molar-refractivity contribution in [2.24, 2.45) is 11.1 Å². The first-order valence-corrected chi connectivity index (χ1v) is 9.39. The molecule has 1 amide bonds. The van der Waals surface area contributed by atoms with Gasteiger partial charge in [-0.15, -0.1) is 16.9 Å². The van der Waals surface area contributed by atoms with E-state index in [0.29, 0.717) is 10.9 Å². The van der Waals surface area contributed by atoms with E-state index in [2.05, 4.69) is 15.5 Å². The number of hydrogen-bond donors (Lipinski definition) is 3. The maximum atomic E-state index is 11.9. The SMILES string of the molecule is NC1C(=O)N2CC(CSc3nnnn3CCC(=O)O)(C(=O)O)CS[C@H]12. The van der Waals surface area contributed by atoms with E-state index in [1.165, 1.54) is 21.3 Å². The maximum Gasteiger partial charge on any atom is 0.313 e. The standard InChI is InChI=1S/C12H16N6O5S2/c13-7-8(21)17-3-12(10(22)23,4-24-9(7)17)5-25-11-14-15-16-18(11)2-1-6(19)20/h7,9H,1-5,13H2,(H,19,20)(H,22,23)/t7?,9-,12?/m1/s1. The number of thioether (sulfide) groups is 2. The van der Waals surface area contributed by atoms with Crippen LogP contribution in [0, 0.1) is 5.41 Å². The fraction of sp³-hybridized carbons (Fsp3) is 0.667. The number of hydrogen-bond acceptors (Lipinski definition) is 9. The Morgan fingerprint density at radius 2 is 2.20 bits per heavy atom. The van der Waals surface area contributed by atoms with Crippen molar-refractivity contribution in [1.82, 2.24) is 25.1 Å². The normalized spacial score (nSPS) is 28.4. The summed E-state index contributed by atoms with van der Waals surface area (Å²) in [5.41, 5.74) is 4.59. The van der Waals surface area contributed by atoms with Crippen molar-refractivity contribution in [3.8, 4) is 0 Å². The minimum Gasteiger partial charge on any atom is -0.481 e. The molecule has 136 valence electrons. The number of carboxylic acids is 2. The molecule has 1 aromatic heterocycles. The molecule has 0 spiro atoms. The predicted molar refractivity (Wildman–Crippen MR) is 86.8 cm³/mol. The van der Waals surface area contributed by atoms with Gasteiger partial charge in [-0.2, -0.15) is 0 Å². The van der Waals surface area contributed by atoms with Gasteiger partial charge in [0.05, 0.1) is 13.0 Å². The van der Waals surface area contributed by atoms with Gasteiger partial charge in [-0.1, -0.05) is 11.8 Å². The summed E-state index contributed by atoms with van der Waals surface area (Å²) in [5, 5.41) is 29.7. The summed E-state index contributed by atoms with van der Waals surface area (Å²) >= 11 is 2.50. The minimum atomic E-state index is -1.13. The van der Waals surface area contributed by atoms with Gasteiger partial charge in [0.1, 0.15) is 16.8 Å². The number of nitrogens with zero attached hydrogens (tertiary/aromatic N) is 5. The zero-order valence-corrected chi connectivity index (χ0v) is 14.6. The summed E-state index contributed by atoms with van der Waals surface area (Å²) in [6, 6.07) is -0.562. The molecule has 13 heteroatoms. The molecular formula is C12H16N6O5S2. The van der Waals surface area contributed by atoms with E-state index in [-0.39, 0.29) is 36.5 Å². The molecule has 2 fully saturated rings. The number of nitrogens with two attached hydrogens (primary N) is 1. The molecule has 0 aromatic carbocycles. The molecule has 2 aliphatic heterocycles. The second kappa shape index (κ2) is 6.80. The van der Waals surface area contributed by atoms with Crippen molar-refractivity contribution >= 4 is 41.4 Å². The molecule has 0 saturated carbocycles. The van der Waals surface area contributed by atoms with Crippen LogP contribution in [-0.4, -0.2) is 82.6 Å². The van der Waals surface area contributed by atoms with Gasteiger partial charge in [-0.3, -0.25) is 14.4 Å². The highest BCUT2D eigenvalue weighted by molar-refractivity contribution is 8.00. The quantitative estimate of drug-likeness (QED) is 0.370. The number of carboxylic acid groups (broad SMARTS) is 2. The van der Waals surface area contributed by atoms with Crippen molar-refractivity contribution in [1.29, 1.82) is 0 Å². The zero-order chi connectivity index (χ0) is 18.2. The molecule has 2 aliphatic rings. The van der Waals surface area contributed by atoms with Crippen LogP contribution in [0.1, 0.15) is 6.42 Å². The van der Waals surface area contributed by atoms with E-state index < -0.39 is 23.4 Å². The number of rotatable bonds is 7. The Morgan fingerprint density at radius 3 is 2.88 bits per heavy atom. The fourth-order valence-electron chi connectivity index (χ4n) is 2.65. The van der Waals surface area contributed by atoms with Crippen LogP contribution in [0.5, 0.6) is 0 Å². The lowest BCUT2D eigenvalue weighted by Gasteiger charge is -2.52. The monoisotopic (exact) mass is 388 g/mol. The average molecular weight is 388 g/mol. The Morgan fingerprint density at radius 1 is 1.44 bits per heavy atom. The van der Waals surface area contributed by atoms with Crippen LogP contribution in [-0.2, 0) is 20.9 Å². The highest BCUT2D eigenvalue weighted by Crippen LogP contribution is 2.43.